The monoisotopic (exact) mass is 310 g/mol. The van der Waals surface area contributed by atoms with Gasteiger partial charge in [0.25, 0.3) is 0 Å². The molecule has 1 unspecified atom stereocenters. The maximum Gasteiger partial charge on any atom is 0.225 e. The number of rotatable bonds is 5. The summed E-state index contributed by atoms with van der Waals surface area (Å²) in [7, 11) is -0.968. The Bertz CT molecular complexity index is 441. The highest BCUT2D eigenvalue weighted by molar-refractivity contribution is 7.83. The Kier molecular flexibility index (Phi) is 8.18. The minimum Gasteiger partial charge on any atom is -0.330 e. The summed E-state index contributed by atoms with van der Waals surface area (Å²) in [5, 5.41) is 3.26. The van der Waals surface area contributed by atoms with Crippen molar-refractivity contribution in [2.75, 3.05) is 18.1 Å². The van der Waals surface area contributed by atoms with Crippen LogP contribution in [0.15, 0.2) is 18.2 Å². The van der Waals surface area contributed by atoms with E-state index in [-0.39, 0.29) is 24.7 Å². The van der Waals surface area contributed by atoms with Crippen LogP contribution >= 0.6 is 24.0 Å². The molecule has 0 spiro atoms. The molecule has 3 N–H and O–H groups in total. The lowest BCUT2D eigenvalue weighted by Crippen LogP contribution is -2.16. The molecule has 0 aromatic heterocycles. The first-order chi connectivity index (χ1) is 8.02. The number of nitrogens with two attached hydrogens (primary N) is 1. The van der Waals surface area contributed by atoms with E-state index in [0.29, 0.717) is 23.0 Å². The van der Waals surface area contributed by atoms with Gasteiger partial charge in [-0.3, -0.25) is 9.00 Å². The predicted molar refractivity (Wildman–Crippen MR) is 78.8 cm³/mol. The lowest BCUT2D eigenvalue weighted by Gasteiger charge is -2.08. The van der Waals surface area contributed by atoms with E-state index in [4.69, 9.17) is 17.3 Å². The summed E-state index contributed by atoms with van der Waals surface area (Å²) in [6.45, 7) is 0.311. The van der Waals surface area contributed by atoms with Gasteiger partial charge in [-0.25, -0.2) is 0 Å². The number of hydrogen-bond donors (Lipinski definition) is 2. The number of halogens is 2. The number of benzene rings is 1. The van der Waals surface area contributed by atoms with Gasteiger partial charge in [0, 0.05) is 46.5 Å². The topological polar surface area (TPSA) is 72.2 Å². The molecule has 0 heterocycles. The maximum absolute atomic E-state index is 11.3. The average Bonchev–Trinajstić information content (AvgIpc) is 2.22. The van der Waals surface area contributed by atoms with Crippen LogP contribution in [0.2, 0.25) is 5.02 Å². The summed E-state index contributed by atoms with van der Waals surface area (Å²) < 4.78 is 11.1. The molecule has 0 fully saturated rings. The van der Waals surface area contributed by atoms with Gasteiger partial charge in [-0.1, -0.05) is 11.6 Å². The molecule has 18 heavy (non-hydrogen) atoms. The Morgan fingerprint density at radius 3 is 2.72 bits per heavy atom. The molecule has 0 aliphatic heterocycles. The zero-order chi connectivity index (χ0) is 12.8. The van der Waals surface area contributed by atoms with Crippen molar-refractivity contribution >= 4 is 46.4 Å². The quantitative estimate of drug-likeness (QED) is 0.873. The molecule has 0 aliphatic carbocycles. The van der Waals surface area contributed by atoms with Gasteiger partial charge in [-0.2, -0.15) is 0 Å². The molecule has 1 aromatic carbocycles. The maximum atomic E-state index is 11.3. The second-order valence-electron chi connectivity index (χ2n) is 3.61. The fourth-order valence-corrected chi connectivity index (χ4v) is 2.28. The van der Waals surface area contributed by atoms with Crippen LogP contribution in [-0.2, 0) is 21.3 Å². The number of carbonyl (C=O) groups is 1. The molecule has 1 aromatic rings. The number of hydrogen-bond acceptors (Lipinski definition) is 3. The Morgan fingerprint density at radius 1 is 1.50 bits per heavy atom. The third-order valence-electron chi connectivity index (χ3n) is 2.06. The third kappa shape index (κ3) is 5.82. The highest BCUT2D eigenvalue weighted by Gasteiger charge is 2.06. The molecule has 0 saturated carbocycles. The number of carbonyl (C=O) groups excluding carboxylic acids is 1. The van der Waals surface area contributed by atoms with Crippen LogP contribution in [0.5, 0.6) is 0 Å². The Balaban J connectivity index is 0.00000289. The van der Waals surface area contributed by atoms with E-state index in [0.717, 1.165) is 5.56 Å². The van der Waals surface area contributed by atoms with Gasteiger partial charge in [-0.05, 0) is 23.8 Å². The van der Waals surface area contributed by atoms with Gasteiger partial charge in [0.15, 0.2) is 0 Å². The molecule has 7 heteroatoms. The Labute approximate surface area is 120 Å². The van der Waals surface area contributed by atoms with E-state index in [1.807, 2.05) is 0 Å². The average molecular weight is 311 g/mol. The first-order valence-corrected chi connectivity index (χ1v) is 7.22. The molecular formula is C11H16Cl2N2O2S. The van der Waals surface area contributed by atoms with Gasteiger partial charge >= 0.3 is 0 Å². The Hall–Kier alpha value is -0.620. The van der Waals surface area contributed by atoms with Crippen LogP contribution in [-0.4, -0.2) is 22.9 Å². The molecule has 1 atom stereocenters. The molecule has 0 saturated heterocycles. The normalized spacial score (nSPS) is 11.5. The smallest absolute Gasteiger partial charge is 0.225 e. The van der Waals surface area contributed by atoms with E-state index < -0.39 is 10.8 Å². The van der Waals surface area contributed by atoms with Gasteiger partial charge < -0.3 is 11.1 Å². The summed E-state index contributed by atoms with van der Waals surface area (Å²) in [4.78, 5) is 11.3. The van der Waals surface area contributed by atoms with E-state index in [2.05, 4.69) is 5.32 Å². The first kappa shape index (κ1) is 17.4. The van der Waals surface area contributed by atoms with Gasteiger partial charge in [0.1, 0.15) is 0 Å². The molecule has 102 valence electrons. The van der Waals surface area contributed by atoms with E-state index in [1.54, 1.807) is 24.5 Å². The van der Waals surface area contributed by atoms with Crippen molar-refractivity contribution in [3.05, 3.63) is 28.8 Å². The van der Waals surface area contributed by atoms with Crippen molar-refractivity contribution in [3.63, 3.8) is 0 Å². The fourth-order valence-electron chi connectivity index (χ4n) is 1.34. The van der Waals surface area contributed by atoms with Crippen molar-refractivity contribution in [2.45, 2.75) is 12.2 Å². The van der Waals surface area contributed by atoms with Crippen LogP contribution in [0.4, 0.5) is 5.69 Å². The van der Waals surface area contributed by atoms with Crippen molar-refractivity contribution in [1.29, 1.82) is 0 Å². The van der Waals surface area contributed by atoms with E-state index in [9.17, 15) is 9.00 Å². The molecule has 1 rings (SSSR count). The standard InChI is InChI=1S/C11H15ClN2O2S.ClH/c1-17(16)7-8-6-9(2-3-10(8)12)14-11(15)4-5-13;/h2-3,6H,4-5,7,13H2,1H3,(H,14,15);1H. The molecule has 0 bridgehead atoms. The van der Waals surface area contributed by atoms with Crippen LogP contribution in [0.1, 0.15) is 12.0 Å². The molecule has 0 aliphatic rings. The minimum absolute atomic E-state index is 0. The molecular weight excluding hydrogens is 295 g/mol. The first-order valence-electron chi connectivity index (χ1n) is 5.11. The zero-order valence-electron chi connectivity index (χ0n) is 9.94. The van der Waals surface area contributed by atoms with Crippen LogP contribution in [0.25, 0.3) is 0 Å². The van der Waals surface area contributed by atoms with Crippen LogP contribution in [0.3, 0.4) is 0 Å². The number of anilines is 1. The summed E-state index contributed by atoms with van der Waals surface area (Å²) >= 11 is 5.97. The van der Waals surface area contributed by atoms with Crippen molar-refractivity contribution < 1.29 is 9.00 Å². The van der Waals surface area contributed by atoms with E-state index >= 15 is 0 Å². The molecule has 0 radical (unpaired) electrons. The van der Waals surface area contributed by atoms with Crippen molar-refractivity contribution in [2.24, 2.45) is 5.73 Å². The highest BCUT2D eigenvalue weighted by atomic mass is 35.5. The predicted octanol–water partition coefficient (Wildman–Crippen LogP) is 1.93. The largest absolute Gasteiger partial charge is 0.330 e. The summed E-state index contributed by atoms with van der Waals surface area (Å²) in [5.74, 6) is 0.234. The lowest BCUT2D eigenvalue weighted by molar-refractivity contribution is -0.116. The van der Waals surface area contributed by atoms with Gasteiger partial charge in [0.05, 0.1) is 0 Å². The summed E-state index contributed by atoms with van der Waals surface area (Å²) in [6.07, 6.45) is 1.88. The SMILES string of the molecule is CS(=O)Cc1cc(NC(=O)CCN)ccc1Cl.Cl. The second kappa shape index (κ2) is 8.48. The van der Waals surface area contributed by atoms with Crippen molar-refractivity contribution in [1.82, 2.24) is 0 Å². The van der Waals surface area contributed by atoms with Crippen molar-refractivity contribution in [3.8, 4) is 0 Å². The third-order valence-corrected chi connectivity index (χ3v) is 3.15. The second-order valence-corrected chi connectivity index (χ2v) is 5.45. The number of nitrogens with one attached hydrogen (secondary N) is 1. The highest BCUT2D eigenvalue weighted by Crippen LogP contribution is 2.21. The number of amides is 1. The van der Waals surface area contributed by atoms with Gasteiger partial charge in [0.2, 0.25) is 5.91 Å². The summed E-state index contributed by atoms with van der Waals surface area (Å²) in [5.41, 5.74) is 6.69. The van der Waals surface area contributed by atoms with Crippen LogP contribution < -0.4 is 11.1 Å². The minimum atomic E-state index is -0.968. The molecule has 1 amide bonds. The van der Waals surface area contributed by atoms with Crippen LogP contribution in [0, 0.1) is 0 Å². The molecule has 4 nitrogen and oxygen atoms in total. The summed E-state index contributed by atoms with van der Waals surface area (Å²) in [6, 6.07) is 5.12. The fraction of sp³-hybridized carbons (Fsp3) is 0.364. The lowest BCUT2D eigenvalue weighted by atomic mass is 10.2. The zero-order valence-corrected chi connectivity index (χ0v) is 12.3. The van der Waals surface area contributed by atoms with Gasteiger partial charge in [-0.15, -0.1) is 12.4 Å². The Morgan fingerprint density at radius 2 is 2.17 bits per heavy atom. The van der Waals surface area contributed by atoms with E-state index in [1.165, 1.54) is 0 Å².